The number of rotatable bonds is 14. The van der Waals surface area contributed by atoms with E-state index in [0.29, 0.717) is 12.2 Å². The van der Waals surface area contributed by atoms with E-state index in [1.165, 1.54) is 5.56 Å². The van der Waals surface area contributed by atoms with Crippen LogP contribution in [0.4, 0.5) is 0 Å². The minimum Gasteiger partial charge on any atom is -0.496 e. The Morgan fingerprint density at radius 1 is 0.973 bits per heavy atom. The van der Waals surface area contributed by atoms with E-state index < -0.39 is 0 Å². The Bertz CT molecular complexity index is 1130. The third-order valence-corrected chi connectivity index (χ3v) is 5.62. The lowest BCUT2D eigenvalue weighted by Gasteiger charge is -2.13. The van der Waals surface area contributed by atoms with Crippen molar-refractivity contribution >= 4 is 0 Å². The summed E-state index contributed by atoms with van der Waals surface area (Å²) in [4.78, 5) is 0. The number of hydrogen-bond donors (Lipinski definition) is 3. The topological polar surface area (TPSA) is 68.5 Å². The Morgan fingerprint density at radius 3 is 2.35 bits per heavy atom. The van der Waals surface area contributed by atoms with Crippen molar-refractivity contribution in [2.24, 2.45) is 5.73 Å². The Labute approximate surface area is 223 Å². The third kappa shape index (κ3) is 11.2. The summed E-state index contributed by atoms with van der Waals surface area (Å²) < 4.78 is 11.5. The first kappa shape index (κ1) is 29.4. The maximum Gasteiger partial charge on any atom is 0.122 e. The maximum absolute atomic E-state index is 6.37. The van der Waals surface area contributed by atoms with E-state index in [9.17, 15) is 0 Å². The van der Waals surface area contributed by atoms with Crippen molar-refractivity contribution in [1.82, 2.24) is 10.6 Å². The molecule has 5 heteroatoms. The molecule has 0 aliphatic heterocycles. The summed E-state index contributed by atoms with van der Waals surface area (Å²) in [7, 11) is 1.70. The van der Waals surface area contributed by atoms with Crippen molar-refractivity contribution in [3.05, 3.63) is 125 Å². The highest BCUT2D eigenvalue weighted by Gasteiger charge is 2.04. The van der Waals surface area contributed by atoms with Gasteiger partial charge in [0.15, 0.2) is 0 Å². The van der Waals surface area contributed by atoms with Gasteiger partial charge in [0.25, 0.3) is 0 Å². The molecular weight excluding hydrogens is 458 g/mol. The standard InChI is InChI=1S/C32H43N3O2/c1-7-29(35-23-27-13-9-8-10-14-27)17-18-30(37-24(2)3)19-20-34-26(5)31(33)22-25(4)21-28-15-11-12-16-32(28)36-6/h7-19,22,24,34-35H,20-21,23,33H2,1-6H3/b18-17-,25-22+,29-7+,30-19-,31-26-. The Kier molecular flexibility index (Phi) is 12.7. The zero-order valence-corrected chi connectivity index (χ0v) is 23.2. The van der Waals surface area contributed by atoms with Crippen molar-refractivity contribution in [1.29, 1.82) is 0 Å². The summed E-state index contributed by atoms with van der Waals surface area (Å²) >= 11 is 0. The van der Waals surface area contributed by atoms with Gasteiger partial charge in [0.05, 0.1) is 18.9 Å². The highest BCUT2D eigenvalue weighted by molar-refractivity contribution is 5.37. The van der Waals surface area contributed by atoms with Gasteiger partial charge in [0.2, 0.25) is 0 Å². The van der Waals surface area contributed by atoms with Gasteiger partial charge in [0, 0.05) is 24.5 Å². The van der Waals surface area contributed by atoms with Gasteiger partial charge in [0.1, 0.15) is 11.5 Å². The van der Waals surface area contributed by atoms with E-state index in [2.05, 4.69) is 41.8 Å². The monoisotopic (exact) mass is 501 g/mol. The predicted octanol–water partition coefficient (Wildman–Crippen LogP) is 6.52. The van der Waals surface area contributed by atoms with Crippen LogP contribution in [0.3, 0.4) is 0 Å². The smallest absolute Gasteiger partial charge is 0.122 e. The fourth-order valence-electron chi connectivity index (χ4n) is 3.64. The second kappa shape index (κ2) is 16.0. The molecule has 0 saturated carbocycles. The Hall–Kier alpha value is -3.86. The highest BCUT2D eigenvalue weighted by Crippen LogP contribution is 2.21. The normalized spacial score (nSPS) is 13.5. The number of methoxy groups -OCH3 is 1. The molecule has 0 heterocycles. The zero-order chi connectivity index (χ0) is 27.0. The SMILES string of the molecule is C\C=C(/C=C\C(=C\CN/C(C)=C(N)/C=C(\C)Cc1ccccc1OC)OC(C)C)NCc1ccccc1. The molecule has 0 atom stereocenters. The summed E-state index contributed by atoms with van der Waals surface area (Å²) in [5.41, 5.74) is 12.6. The molecule has 0 aliphatic rings. The van der Waals surface area contributed by atoms with Crippen LogP contribution < -0.4 is 21.1 Å². The summed E-state index contributed by atoms with van der Waals surface area (Å²) in [6.07, 6.45) is 11.0. The number of hydrogen-bond acceptors (Lipinski definition) is 5. The molecule has 0 unspecified atom stereocenters. The number of benzene rings is 2. The van der Waals surface area contributed by atoms with E-state index in [4.69, 9.17) is 15.2 Å². The minimum atomic E-state index is 0.0736. The fraction of sp³-hybridized carbons (Fsp3) is 0.312. The van der Waals surface area contributed by atoms with Crippen LogP contribution in [0.1, 0.15) is 45.7 Å². The minimum absolute atomic E-state index is 0.0736. The molecule has 4 N–H and O–H groups in total. The zero-order valence-electron chi connectivity index (χ0n) is 23.2. The molecule has 0 saturated heterocycles. The molecular formula is C32H43N3O2. The molecule has 0 bridgehead atoms. The molecule has 0 aromatic heterocycles. The summed E-state index contributed by atoms with van der Waals surface area (Å²) in [6, 6.07) is 18.4. The van der Waals surface area contributed by atoms with E-state index in [1.54, 1.807) is 7.11 Å². The van der Waals surface area contributed by atoms with Gasteiger partial charge in [-0.1, -0.05) is 60.2 Å². The van der Waals surface area contributed by atoms with Crippen molar-refractivity contribution < 1.29 is 9.47 Å². The van der Waals surface area contributed by atoms with E-state index in [0.717, 1.165) is 47.0 Å². The molecule has 2 aromatic carbocycles. The lowest BCUT2D eigenvalue weighted by Crippen LogP contribution is -2.16. The van der Waals surface area contributed by atoms with Crippen LogP contribution in [0.2, 0.25) is 0 Å². The van der Waals surface area contributed by atoms with Crippen LogP contribution in [0.5, 0.6) is 5.75 Å². The van der Waals surface area contributed by atoms with Crippen molar-refractivity contribution in [3.8, 4) is 5.75 Å². The predicted molar refractivity (Wildman–Crippen MR) is 156 cm³/mol. The second-order valence-electron chi connectivity index (χ2n) is 9.13. The van der Waals surface area contributed by atoms with Crippen LogP contribution in [0, 0.1) is 0 Å². The maximum atomic E-state index is 6.37. The lowest BCUT2D eigenvalue weighted by molar-refractivity contribution is 0.157. The van der Waals surface area contributed by atoms with Crippen LogP contribution in [-0.4, -0.2) is 19.8 Å². The van der Waals surface area contributed by atoms with Gasteiger partial charge in [-0.3, -0.25) is 0 Å². The van der Waals surface area contributed by atoms with Crippen LogP contribution in [0.15, 0.2) is 113 Å². The first-order valence-electron chi connectivity index (χ1n) is 12.8. The molecule has 37 heavy (non-hydrogen) atoms. The number of allylic oxidation sites excluding steroid dienone is 6. The first-order valence-corrected chi connectivity index (χ1v) is 12.8. The van der Waals surface area contributed by atoms with Gasteiger partial charge < -0.3 is 25.8 Å². The van der Waals surface area contributed by atoms with Crippen molar-refractivity contribution in [2.45, 2.75) is 53.7 Å². The van der Waals surface area contributed by atoms with Gasteiger partial charge in [-0.15, -0.1) is 0 Å². The molecule has 0 aliphatic carbocycles. The highest BCUT2D eigenvalue weighted by atomic mass is 16.5. The van der Waals surface area contributed by atoms with Gasteiger partial charge in [-0.05, 0) is 82.5 Å². The molecule has 0 spiro atoms. The van der Waals surface area contributed by atoms with E-state index in [1.807, 2.05) is 88.4 Å². The van der Waals surface area contributed by atoms with Crippen molar-refractivity contribution in [3.63, 3.8) is 0 Å². The molecule has 2 rings (SSSR count). The average molecular weight is 502 g/mol. The van der Waals surface area contributed by atoms with Crippen LogP contribution in [0.25, 0.3) is 0 Å². The fourth-order valence-corrected chi connectivity index (χ4v) is 3.64. The quantitative estimate of drug-likeness (QED) is 0.203. The number of para-hydroxylation sites is 1. The second-order valence-corrected chi connectivity index (χ2v) is 9.13. The van der Waals surface area contributed by atoms with Crippen LogP contribution in [-0.2, 0) is 17.7 Å². The van der Waals surface area contributed by atoms with E-state index in [-0.39, 0.29) is 6.10 Å². The average Bonchev–Trinajstić information content (AvgIpc) is 2.89. The molecule has 5 nitrogen and oxygen atoms in total. The number of nitrogens with one attached hydrogen (secondary N) is 2. The molecule has 198 valence electrons. The van der Waals surface area contributed by atoms with E-state index >= 15 is 0 Å². The van der Waals surface area contributed by atoms with Crippen LogP contribution >= 0.6 is 0 Å². The van der Waals surface area contributed by atoms with Gasteiger partial charge in [-0.2, -0.15) is 0 Å². The molecule has 0 fully saturated rings. The van der Waals surface area contributed by atoms with Gasteiger partial charge in [-0.25, -0.2) is 0 Å². The Morgan fingerprint density at radius 2 is 1.68 bits per heavy atom. The summed E-state index contributed by atoms with van der Waals surface area (Å²) in [6.45, 7) is 11.5. The summed E-state index contributed by atoms with van der Waals surface area (Å²) in [5, 5.41) is 6.85. The third-order valence-electron chi connectivity index (χ3n) is 5.62. The summed E-state index contributed by atoms with van der Waals surface area (Å²) in [5.74, 6) is 1.69. The van der Waals surface area contributed by atoms with Crippen molar-refractivity contribution in [2.75, 3.05) is 13.7 Å². The first-order chi connectivity index (χ1) is 17.8. The Balaban J connectivity index is 2.00. The molecule has 0 amide bonds. The molecule has 0 radical (unpaired) electrons. The molecule has 2 aromatic rings. The lowest BCUT2D eigenvalue weighted by atomic mass is 10.0. The number of ether oxygens (including phenoxy) is 2. The number of nitrogens with two attached hydrogens (primary N) is 1. The van der Waals surface area contributed by atoms with Gasteiger partial charge >= 0.3 is 0 Å². The largest absolute Gasteiger partial charge is 0.496 e.